The number of unbranched alkanes of at least 4 members (excludes halogenated alkanes) is 5. The van der Waals surface area contributed by atoms with Gasteiger partial charge in [-0.05, 0) is 25.7 Å². The van der Waals surface area contributed by atoms with Crippen LogP contribution in [-0.2, 0) is 9.59 Å². The number of aliphatic hydroxyl groups is 1. The van der Waals surface area contributed by atoms with Gasteiger partial charge in [0.05, 0.1) is 12.1 Å². The molecular formula is C19H33NO4. The van der Waals surface area contributed by atoms with E-state index in [-0.39, 0.29) is 18.4 Å². The average molecular weight is 339 g/mol. The van der Waals surface area contributed by atoms with Crippen LogP contribution in [-0.4, -0.2) is 45.7 Å². The van der Waals surface area contributed by atoms with Gasteiger partial charge in [-0.3, -0.25) is 9.59 Å². The van der Waals surface area contributed by atoms with E-state index in [0.717, 1.165) is 57.9 Å². The summed E-state index contributed by atoms with van der Waals surface area (Å²) in [6, 6.07) is 0.109. The van der Waals surface area contributed by atoms with Gasteiger partial charge in [-0.15, -0.1) is 0 Å². The summed E-state index contributed by atoms with van der Waals surface area (Å²) in [5.41, 5.74) is 0. The Bertz CT molecular complexity index is 408. The minimum Gasteiger partial charge on any atom is -0.481 e. The molecule has 5 nitrogen and oxygen atoms in total. The Kier molecular flexibility index (Phi) is 10.4. The van der Waals surface area contributed by atoms with Gasteiger partial charge >= 0.3 is 5.97 Å². The highest BCUT2D eigenvalue weighted by atomic mass is 16.4. The van der Waals surface area contributed by atoms with Crippen LogP contribution in [0.4, 0.5) is 0 Å². The van der Waals surface area contributed by atoms with Crippen LogP contribution < -0.4 is 0 Å². The molecule has 1 aliphatic rings. The van der Waals surface area contributed by atoms with E-state index in [1.807, 2.05) is 17.1 Å². The summed E-state index contributed by atoms with van der Waals surface area (Å²) in [5, 5.41) is 18.6. The van der Waals surface area contributed by atoms with Crippen molar-refractivity contribution in [2.45, 2.75) is 89.7 Å². The van der Waals surface area contributed by atoms with Crippen molar-refractivity contribution in [3.63, 3.8) is 0 Å². The van der Waals surface area contributed by atoms with Gasteiger partial charge in [0.15, 0.2) is 0 Å². The van der Waals surface area contributed by atoms with Crippen LogP contribution in [0.25, 0.3) is 0 Å². The molecule has 5 heteroatoms. The Morgan fingerprint density at radius 1 is 1.25 bits per heavy atom. The molecule has 1 amide bonds. The molecule has 1 rings (SSSR count). The van der Waals surface area contributed by atoms with E-state index in [9.17, 15) is 14.7 Å². The largest absolute Gasteiger partial charge is 0.481 e. The number of hydrogen-bond acceptors (Lipinski definition) is 3. The van der Waals surface area contributed by atoms with Crippen LogP contribution in [0.15, 0.2) is 12.2 Å². The molecule has 24 heavy (non-hydrogen) atoms. The van der Waals surface area contributed by atoms with E-state index < -0.39 is 12.1 Å². The van der Waals surface area contributed by atoms with E-state index >= 15 is 0 Å². The predicted octanol–water partition coefficient (Wildman–Crippen LogP) is 3.51. The van der Waals surface area contributed by atoms with E-state index in [1.165, 1.54) is 0 Å². The molecule has 0 aromatic carbocycles. The molecule has 2 atom stereocenters. The fourth-order valence-corrected chi connectivity index (χ4v) is 3.11. The minimum absolute atomic E-state index is 0.109. The van der Waals surface area contributed by atoms with E-state index in [2.05, 4.69) is 6.92 Å². The summed E-state index contributed by atoms with van der Waals surface area (Å²) in [6.07, 6.45) is 12.6. The highest BCUT2D eigenvalue weighted by Crippen LogP contribution is 2.21. The maximum atomic E-state index is 12.0. The summed E-state index contributed by atoms with van der Waals surface area (Å²) in [7, 11) is 0. The van der Waals surface area contributed by atoms with Crippen molar-refractivity contribution < 1.29 is 19.8 Å². The minimum atomic E-state index is -0.743. The first kappa shape index (κ1) is 20.7. The lowest BCUT2D eigenvalue weighted by atomic mass is 10.1. The highest BCUT2D eigenvalue weighted by Gasteiger charge is 2.28. The molecule has 1 aliphatic heterocycles. The van der Waals surface area contributed by atoms with Crippen LogP contribution in [0.1, 0.15) is 77.6 Å². The lowest BCUT2D eigenvalue weighted by Crippen LogP contribution is -2.32. The third-order valence-electron chi connectivity index (χ3n) is 4.57. The van der Waals surface area contributed by atoms with Crippen LogP contribution in [0.5, 0.6) is 0 Å². The molecule has 1 saturated heterocycles. The fourth-order valence-electron chi connectivity index (χ4n) is 3.11. The number of amides is 1. The standard InChI is InChI=1S/C19H33NO4/c1-2-3-6-9-17(21)13-11-16-12-14-18(22)20(16)15-8-5-4-7-10-19(23)24/h11,13,16-17,21H,2-10,12,14-15H2,1H3,(H,23,24)/b13-11+/t16-,17+/m1/s1. The van der Waals surface area contributed by atoms with Gasteiger partial charge in [0, 0.05) is 19.4 Å². The van der Waals surface area contributed by atoms with E-state index in [4.69, 9.17) is 5.11 Å². The second-order valence-electron chi connectivity index (χ2n) is 6.70. The molecule has 0 unspecified atom stereocenters. The number of aliphatic carboxylic acids is 1. The first-order chi connectivity index (χ1) is 11.5. The summed E-state index contributed by atoms with van der Waals surface area (Å²) in [5.74, 6) is -0.553. The Morgan fingerprint density at radius 3 is 2.71 bits per heavy atom. The fraction of sp³-hybridized carbons (Fsp3) is 0.789. The molecule has 1 fully saturated rings. The normalized spacial score (nSPS) is 19.3. The lowest BCUT2D eigenvalue weighted by Gasteiger charge is -2.22. The number of aliphatic hydroxyl groups excluding tert-OH is 1. The van der Waals surface area contributed by atoms with Gasteiger partial charge in [-0.25, -0.2) is 0 Å². The maximum absolute atomic E-state index is 12.0. The Hall–Kier alpha value is -1.36. The van der Waals surface area contributed by atoms with Crippen molar-refractivity contribution in [3.05, 3.63) is 12.2 Å². The van der Waals surface area contributed by atoms with Crippen molar-refractivity contribution in [2.24, 2.45) is 0 Å². The van der Waals surface area contributed by atoms with Gasteiger partial charge < -0.3 is 15.1 Å². The van der Waals surface area contributed by atoms with Crippen molar-refractivity contribution in [3.8, 4) is 0 Å². The first-order valence-electron chi connectivity index (χ1n) is 9.42. The zero-order valence-corrected chi connectivity index (χ0v) is 15.0. The number of carbonyl (C=O) groups is 2. The van der Waals surface area contributed by atoms with E-state index in [1.54, 1.807) is 0 Å². The van der Waals surface area contributed by atoms with Crippen molar-refractivity contribution in [1.82, 2.24) is 4.90 Å². The summed E-state index contributed by atoms with van der Waals surface area (Å²) in [6.45, 7) is 2.87. The maximum Gasteiger partial charge on any atom is 0.303 e. The summed E-state index contributed by atoms with van der Waals surface area (Å²) in [4.78, 5) is 24.4. The third-order valence-corrected chi connectivity index (χ3v) is 4.57. The van der Waals surface area contributed by atoms with Crippen LogP contribution in [0, 0.1) is 0 Å². The molecule has 2 N–H and O–H groups in total. The molecule has 138 valence electrons. The lowest BCUT2D eigenvalue weighted by molar-refractivity contribution is -0.137. The number of rotatable bonds is 13. The van der Waals surface area contributed by atoms with Gasteiger partial charge in [0.1, 0.15) is 0 Å². The average Bonchev–Trinajstić information content (AvgIpc) is 2.89. The zero-order chi connectivity index (χ0) is 17.8. The second-order valence-corrected chi connectivity index (χ2v) is 6.70. The molecule has 1 heterocycles. The molecule has 0 bridgehead atoms. The first-order valence-corrected chi connectivity index (χ1v) is 9.42. The van der Waals surface area contributed by atoms with Gasteiger partial charge in [-0.2, -0.15) is 0 Å². The number of carboxylic acids is 1. The second kappa shape index (κ2) is 12.1. The molecule has 0 aromatic rings. The topological polar surface area (TPSA) is 77.8 Å². The number of nitrogens with zero attached hydrogens (tertiary/aromatic N) is 1. The monoisotopic (exact) mass is 339 g/mol. The van der Waals surface area contributed by atoms with Crippen molar-refractivity contribution >= 4 is 11.9 Å². The molecule has 0 aliphatic carbocycles. The Labute approximate surface area is 145 Å². The van der Waals surface area contributed by atoms with Crippen molar-refractivity contribution in [1.29, 1.82) is 0 Å². The number of hydrogen-bond donors (Lipinski definition) is 2. The SMILES string of the molecule is CCCCC[C@H](O)/C=C/[C@@H]1CCC(=O)N1CCCCCCC(=O)O. The van der Waals surface area contributed by atoms with Crippen LogP contribution >= 0.6 is 0 Å². The number of carbonyl (C=O) groups excluding carboxylic acids is 1. The smallest absolute Gasteiger partial charge is 0.303 e. The Balaban J connectivity index is 2.28. The molecule has 0 spiro atoms. The quantitative estimate of drug-likeness (QED) is 0.397. The van der Waals surface area contributed by atoms with Crippen molar-refractivity contribution in [2.75, 3.05) is 6.54 Å². The molecule has 0 radical (unpaired) electrons. The highest BCUT2D eigenvalue weighted by molar-refractivity contribution is 5.79. The molecular weight excluding hydrogens is 306 g/mol. The zero-order valence-electron chi connectivity index (χ0n) is 15.0. The van der Waals surface area contributed by atoms with E-state index in [0.29, 0.717) is 12.8 Å². The summed E-state index contributed by atoms with van der Waals surface area (Å²) >= 11 is 0. The number of likely N-dealkylation sites (tertiary alicyclic amines) is 1. The van der Waals surface area contributed by atoms with Gasteiger partial charge in [0.2, 0.25) is 5.91 Å². The van der Waals surface area contributed by atoms with Gasteiger partial charge in [-0.1, -0.05) is 51.2 Å². The van der Waals surface area contributed by atoms with Gasteiger partial charge in [0.25, 0.3) is 0 Å². The summed E-state index contributed by atoms with van der Waals surface area (Å²) < 4.78 is 0. The predicted molar refractivity (Wildman–Crippen MR) is 94.7 cm³/mol. The van der Waals surface area contributed by atoms with Crippen LogP contribution in [0.3, 0.4) is 0 Å². The molecule has 0 aromatic heterocycles. The Morgan fingerprint density at radius 2 is 2.00 bits per heavy atom. The third kappa shape index (κ3) is 8.48. The molecule has 0 saturated carbocycles. The number of carboxylic acid groups (broad SMARTS) is 1. The van der Waals surface area contributed by atoms with Crippen LogP contribution in [0.2, 0.25) is 0 Å².